The second-order valence-electron chi connectivity index (χ2n) is 5.40. The lowest BCUT2D eigenvalue weighted by atomic mass is 10.2. The third-order valence-corrected chi connectivity index (χ3v) is 5.07. The lowest BCUT2D eigenvalue weighted by Gasteiger charge is -2.08. The van der Waals surface area contributed by atoms with Crippen molar-refractivity contribution in [3.05, 3.63) is 58.6 Å². The summed E-state index contributed by atoms with van der Waals surface area (Å²) in [4.78, 5) is 12.1. The summed E-state index contributed by atoms with van der Waals surface area (Å²) < 4.78 is 1.98. The molecule has 0 bridgehead atoms. The van der Waals surface area contributed by atoms with Gasteiger partial charge in [0.25, 0.3) is 0 Å². The Balaban J connectivity index is 1.67. The van der Waals surface area contributed by atoms with E-state index in [-0.39, 0.29) is 11.7 Å². The molecular weight excluding hydrogens is 391 g/mol. The lowest BCUT2D eigenvalue weighted by molar-refractivity contribution is -0.113. The van der Waals surface area contributed by atoms with Gasteiger partial charge >= 0.3 is 0 Å². The van der Waals surface area contributed by atoms with Gasteiger partial charge in [-0.3, -0.25) is 4.79 Å². The van der Waals surface area contributed by atoms with Gasteiger partial charge in [0, 0.05) is 27.8 Å². The minimum Gasteiger partial charge on any atom is -0.325 e. The van der Waals surface area contributed by atoms with Gasteiger partial charge in [0.15, 0.2) is 11.0 Å². The Labute approximate surface area is 165 Å². The number of carbonyl (C=O) groups excluding carboxylic acids is 1. The van der Waals surface area contributed by atoms with E-state index in [1.165, 1.54) is 11.8 Å². The first-order valence-electron chi connectivity index (χ1n) is 7.94. The number of hydrogen-bond donors (Lipinski definition) is 1. The van der Waals surface area contributed by atoms with Gasteiger partial charge < -0.3 is 9.88 Å². The average Bonchev–Trinajstić information content (AvgIpc) is 3.05. The standard InChI is InChI=1S/C18H16Cl2N4OS/c1-2-24-17(12-3-5-13(19)6-4-12)22-23-18(24)26-11-16(25)21-15-9-7-14(20)8-10-15/h3-10H,2,11H2,1H3,(H,21,25). The molecule has 2 aromatic carbocycles. The largest absolute Gasteiger partial charge is 0.325 e. The van der Waals surface area contributed by atoms with Crippen molar-refractivity contribution < 1.29 is 4.79 Å². The highest BCUT2D eigenvalue weighted by molar-refractivity contribution is 7.99. The van der Waals surface area contributed by atoms with Crippen molar-refractivity contribution in [2.45, 2.75) is 18.6 Å². The summed E-state index contributed by atoms with van der Waals surface area (Å²) >= 11 is 13.1. The topological polar surface area (TPSA) is 59.8 Å². The van der Waals surface area contributed by atoms with Crippen molar-refractivity contribution in [1.29, 1.82) is 0 Å². The maximum absolute atomic E-state index is 12.1. The van der Waals surface area contributed by atoms with Crippen molar-refractivity contribution in [2.24, 2.45) is 0 Å². The minimum absolute atomic E-state index is 0.115. The molecule has 0 saturated heterocycles. The summed E-state index contributed by atoms with van der Waals surface area (Å²) in [7, 11) is 0. The Bertz CT molecular complexity index is 895. The van der Waals surface area contributed by atoms with Gasteiger partial charge in [-0.1, -0.05) is 35.0 Å². The molecule has 3 rings (SSSR count). The second kappa shape index (κ2) is 8.58. The molecule has 3 aromatic rings. The van der Waals surface area contributed by atoms with Crippen molar-refractivity contribution >= 4 is 46.6 Å². The molecule has 1 N–H and O–H groups in total. The minimum atomic E-state index is -0.115. The number of carbonyl (C=O) groups is 1. The van der Waals surface area contributed by atoms with Crippen LogP contribution < -0.4 is 5.32 Å². The van der Waals surface area contributed by atoms with Gasteiger partial charge in [-0.05, 0) is 55.5 Å². The van der Waals surface area contributed by atoms with Crippen molar-refractivity contribution in [2.75, 3.05) is 11.1 Å². The van der Waals surface area contributed by atoms with Crippen LogP contribution in [-0.4, -0.2) is 26.4 Å². The number of thioether (sulfide) groups is 1. The number of nitrogens with zero attached hydrogens (tertiary/aromatic N) is 3. The number of nitrogens with one attached hydrogen (secondary N) is 1. The second-order valence-corrected chi connectivity index (χ2v) is 7.22. The number of benzene rings is 2. The van der Waals surface area contributed by atoms with E-state index in [1.807, 2.05) is 35.8 Å². The van der Waals surface area contributed by atoms with E-state index in [0.29, 0.717) is 27.4 Å². The smallest absolute Gasteiger partial charge is 0.234 e. The van der Waals surface area contributed by atoms with Crippen LogP contribution in [0.15, 0.2) is 53.7 Å². The van der Waals surface area contributed by atoms with E-state index in [0.717, 1.165) is 11.4 Å². The molecule has 134 valence electrons. The average molecular weight is 407 g/mol. The lowest BCUT2D eigenvalue weighted by Crippen LogP contribution is -2.14. The molecule has 1 heterocycles. The number of hydrogen-bond acceptors (Lipinski definition) is 4. The van der Waals surface area contributed by atoms with Crippen LogP contribution in [0.25, 0.3) is 11.4 Å². The Kier molecular flexibility index (Phi) is 6.19. The molecule has 5 nitrogen and oxygen atoms in total. The van der Waals surface area contributed by atoms with Crippen molar-refractivity contribution in [1.82, 2.24) is 14.8 Å². The van der Waals surface area contributed by atoms with Crippen molar-refractivity contribution in [3.63, 3.8) is 0 Å². The number of amides is 1. The first kappa shape index (κ1) is 18.8. The molecule has 0 unspecified atom stereocenters. The molecule has 0 aliphatic carbocycles. The summed E-state index contributed by atoms with van der Waals surface area (Å²) in [5, 5.41) is 13.3. The molecule has 0 fully saturated rings. The summed E-state index contributed by atoms with van der Waals surface area (Å²) in [6.07, 6.45) is 0. The number of halogens is 2. The van der Waals surface area contributed by atoms with Crippen LogP contribution in [0.2, 0.25) is 10.0 Å². The Morgan fingerprint density at radius 2 is 1.65 bits per heavy atom. The van der Waals surface area contributed by atoms with E-state index in [2.05, 4.69) is 15.5 Å². The SMILES string of the molecule is CCn1c(SCC(=O)Nc2ccc(Cl)cc2)nnc1-c1ccc(Cl)cc1. The van der Waals surface area contributed by atoms with E-state index in [4.69, 9.17) is 23.2 Å². The zero-order valence-electron chi connectivity index (χ0n) is 13.9. The zero-order valence-corrected chi connectivity index (χ0v) is 16.3. The molecular formula is C18H16Cl2N4OS. The summed E-state index contributed by atoms with van der Waals surface area (Å²) in [5.41, 5.74) is 1.64. The summed E-state index contributed by atoms with van der Waals surface area (Å²) in [6, 6.07) is 14.4. The number of anilines is 1. The molecule has 0 saturated carbocycles. The third-order valence-electron chi connectivity index (χ3n) is 3.60. The van der Waals surface area contributed by atoms with E-state index < -0.39 is 0 Å². The third kappa shape index (κ3) is 4.58. The normalized spacial score (nSPS) is 10.7. The van der Waals surface area contributed by atoms with Gasteiger partial charge in [0.1, 0.15) is 0 Å². The van der Waals surface area contributed by atoms with Crippen LogP contribution >= 0.6 is 35.0 Å². The maximum atomic E-state index is 12.1. The zero-order chi connectivity index (χ0) is 18.5. The molecule has 26 heavy (non-hydrogen) atoms. The fourth-order valence-electron chi connectivity index (χ4n) is 2.35. The van der Waals surface area contributed by atoms with Gasteiger partial charge in [0.05, 0.1) is 5.75 Å². The maximum Gasteiger partial charge on any atom is 0.234 e. The molecule has 8 heteroatoms. The Morgan fingerprint density at radius 1 is 1.04 bits per heavy atom. The van der Waals surface area contributed by atoms with Crippen LogP contribution in [0, 0.1) is 0 Å². The predicted octanol–water partition coefficient (Wildman–Crippen LogP) is 5.00. The van der Waals surface area contributed by atoms with E-state index in [9.17, 15) is 4.79 Å². The van der Waals surface area contributed by atoms with Crippen molar-refractivity contribution in [3.8, 4) is 11.4 Å². The highest BCUT2D eigenvalue weighted by atomic mass is 35.5. The summed E-state index contributed by atoms with van der Waals surface area (Å²) in [6.45, 7) is 2.71. The number of rotatable bonds is 6. The van der Waals surface area contributed by atoms with Crippen LogP contribution in [0.4, 0.5) is 5.69 Å². The Morgan fingerprint density at radius 3 is 2.27 bits per heavy atom. The van der Waals surface area contributed by atoms with Gasteiger partial charge in [0.2, 0.25) is 5.91 Å². The highest BCUT2D eigenvalue weighted by Crippen LogP contribution is 2.25. The molecule has 0 aliphatic rings. The molecule has 0 radical (unpaired) electrons. The Hall–Kier alpha value is -2.02. The predicted molar refractivity (Wildman–Crippen MR) is 107 cm³/mol. The molecule has 1 amide bonds. The van der Waals surface area contributed by atoms with Gasteiger partial charge in [-0.15, -0.1) is 10.2 Å². The fourth-order valence-corrected chi connectivity index (χ4v) is 3.41. The van der Waals surface area contributed by atoms with E-state index >= 15 is 0 Å². The van der Waals surface area contributed by atoms with E-state index in [1.54, 1.807) is 24.3 Å². The first-order valence-corrected chi connectivity index (χ1v) is 9.68. The van der Waals surface area contributed by atoms with Crippen LogP contribution in [0.3, 0.4) is 0 Å². The molecule has 0 aliphatic heterocycles. The highest BCUT2D eigenvalue weighted by Gasteiger charge is 2.14. The quantitative estimate of drug-likeness (QED) is 0.584. The van der Waals surface area contributed by atoms with Gasteiger partial charge in [-0.25, -0.2) is 0 Å². The fraction of sp³-hybridized carbons (Fsp3) is 0.167. The monoisotopic (exact) mass is 406 g/mol. The summed E-state index contributed by atoms with van der Waals surface area (Å²) in [5.74, 6) is 0.877. The molecule has 1 aromatic heterocycles. The van der Waals surface area contributed by atoms with Crippen LogP contribution in [-0.2, 0) is 11.3 Å². The number of aromatic nitrogens is 3. The van der Waals surface area contributed by atoms with Crippen LogP contribution in [0.5, 0.6) is 0 Å². The van der Waals surface area contributed by atoms with Crippen LogP contribution in [0.1, 0.15) is 6.92 Å². The van der Waals surface area contributed by atoms with Gasteiger partial charge in [-0.2, -0.15) is 0 Å². The molecule has 0 atom stereocenters. The first-order chi connectivity index (χ1) is 12.6. The molecule has 0 spiro atoms.